The second kappa shape index (κ2) is 7.56. The van der Waals surface area contributed by atoms with Crippen LogP contribution in [0.25, 0.3) is 0 Å². The molecule has 30 heavy (non-hydrogen) atoms. The summed E-state index contributed by atoms with van der Waals surface area (Å²) in [6.07, 6.45) is 0.550. The zero-order chi connectivity index (χ0) is 21.6. The van der Waals surface area contributed by atoms with Gasteiger partial charge in [0, 0.05) is 31.1 Å². The minimum atomic E-state index is -0.454. The maximum atomic E-state index is 13.0. The van der Waals surface area contributed by atoms with Gasteiger partial charge in [-0.1, -0.05) is 0 Å². The molecule has 3 amide bonds. The number of esters is 1. The van der Waals surface area contributed by atoms with Crippen molar-refractivity contribution >= 4 is 40.0 Å². The molecule has 9 heteroatoms. The Morgan fingerprint density at radius 3 is 2.37 bits per heavy atom. The zero-order valence-electron chi connectivity index (χ0n) is 16.9. The van der Waals surface area contributed by atoms with Crippen LogP contribution in [0.5, 0.6) is 0 Å². The molecule has 156 valence electrons. The smallest absolute Gasteiger partial charge is 0.337 e. The van der Waals surface area contributed by atoms with Crippen LogP contribution >= 0.6 is 11.3 Å². The number of nitrogens with zero attached hydrogens (tertiary/aromatic N) is 3. The molecule has 1 aromatic heterocycles. The van der Waals surface area contributed by atoms with Gasteiger partial charge in [-0.05, 0) is 36.2 Å². The minimum absolute atomic E-state index is 0.0533. The summed E-state index contributed by atoms with van der Waals surface area (Å²) in [5.74, 6) is -0.890. The highest BCUT2D eigenvalue weighted by atomic mass is 32.1. The van der Waals surface area contributed by atoms with E-state index in [1.165, 1.54) is 28.2 Å². The number of carbonyl (C=O) groups excluding carboxylic acids is 4. The maximum absolute atomic E-state index is 13.0. The van der Waals surface area contributed by atoms with Crippen molar-refractivity contribution in [3.8, 4) is 0 Å². The van der Waals surface area contributed by atoms with Gasteiger partial charge in [-0.3, -0.25) is 14.4 Å². The van der Waals surface area contributed by atoms with Crippen molar-refractivity contribution in [3.63, 3.8) is 0 Å². The van der Waals surface area contributed by atoms with Crippen molar-refractivity contribution in [2.45, 2.75) is 13.0 Å². The Labute approximate surface area is 177 Å². The van der Waals surface area contributed by atoms with Gasteiger partial charge in [0.2, 0.25) is 5.91 Å². The highest BCUT2D eigenvalue weighted by molar-refractivity contribution is 7.17. The number of benzene rings is 1. The fourth-order valence-corrected chi connectivity index (χ4v) is 5.09. The van der Waals surface area contributed by atoms with Crippen molar-refractivity contribution < 1.29 is 23.9 Å². The molecule has 0 fully saturated rings. The third-order valence-corrected chi connectivity index (χ3v) is 6.78. The van der Waals surface area contributed by atoms with E-state index < -0.39 is 5.97 Å². The van der Waals surface area contributed by atoms with Gasteiger partial charge in [-0.25, -0.2) is 4.79 Å². The van der Waals surface area contributed by atoms with Crippen molar-refractivity contribution in [3.05, 3.63) is 51.4 Å². The number of carbonyl (C=O) groups is 4. The third-order valence-electron chi connectivity index (χ3n) is 5.49. The predicted octanol–water partition coefficient (Wildman–Crippen LogP) is 1.78. The quantitative estimate of drug-likeness (QED) is 0.682. The Kier molecular flexibility index (Phi) is 5.07. The van der Waals surface area contributed by atoms with Crippen LogP contribution in [0.3, 0.4) is 0 Å². The Morgan fingerprint density at radius 2 is 1.70 bits per heavy atom. The number of ether oxygens (including phenoxy) is 1. The first-order valence-electron chi connectivity index (χ1n) is 9.46. The van der Waals surface area contributed by atoms with Gasteiger partial charge >= 0.3 is 5.97 Å². The topological polar surface area (TPSA) is 87.2 Å². The lowest BCUT2D eigenvalue weighted by Gasteiger charge is -2.27. The summed E-state index contributed by atoms with van der Waals surface area (Å²) in [6.45, 7) is 0.906. The SMILES string of the molecule is COC(=O)c1ccc(C(=O)N2CCc3c(sc4c3C(=O)N(C)CC(=O)N4C)C2)cc1. The molecule has 1 aromatic carbocycles. The summed E-state index contributed by atoms with van der Waals surface area (Å²) in [5, 5.41) is 0.649. The molecule has 0 aliphatic carbocycles. The normalized spacial score (nSPS) is 16.2. The average Bonchev–Trinajstić information content (AvgIpc) is 3.12. The largest absolute Gasteiger partial charge is 0.465 e. The summed E-state index contributed by atoms with van der Waals surface area (Å²) < 4.78 is 4.68. The number of thiophene rings is 1. The first kappa shape index (κ1) is 20.1. The molecule has 2 aromatic rings. The highest BCUT2D eigenvalue weighted by Gasteiger charge is 2.36. The third kappa shape index (κ3) is 3.24. The van der Waals surface area contributed by atoms with E-state index in [1.54, 1.807) is 43.3 Å². The van der Waals surface area contributed by atoms with Crippen LogP contribution in [-0.4, -0.2) is 67.8 Å². The predicted molar refractivity (Wildman–Crippen MR) is 111 cm³/mol. The Morgan fingerprint density at radius 1 is 1.03 bits per heavy atom. The van der Waals surface area contributed by atoms with Crippen LogP contribution in [0.1, 0.15) is 41.5 Å². The molecular formula is C21H21N3O5S. The first-order valence-corrected chi connectivity index (χ1v) is 10.3. The van der Waals surface area contributed by atoms with E-state index in [2.05, 4.69) is 4.74 Å². The first-order chi connectivity index (χ1) is 14.3. The fourth-order valence-electron chi connectivity index (χ4n) is 3.75. The van der Waals surface area contributed by atoms with Gasteiger partial charge in [0.05, 0.1) is 24.8 Å². The average molecular weight is 427 g/mol. The molecule has 2 aliphatic rings. The van der Waals surface area contributed by atoms with E-state index >= 15 is 0 Å². The number of anilines is 1. The van der Waals surface area contributed by atoms with E-state index in [-0.39, 0.29) is 24.3 Å². The van der Waals surface area contributed by atoms with Crippen molar-refractivity contribution in [1.82, 2.24) is 9.80 Å². The van der Waals surface area contributed by atoms with Crippen LogP contribution < -0.4 is 4.90 Å². The molecule has 4 rings (SSSR count). The Hall–Kier alpha value is -3.20. The molecule has 3 heterocycles. The Balaban J connectivity index is 1.60. The van der Waals surface area contributed by atoms with Gasteiger partial charge < -0.3 is 19.4 Å². The summed E-state index contributed by atoms with van der Waals surface area (Å²) >= 11 is 1.40. The van der Waals surface area contributed by atoms with Gasteiger partial charge in [-0.2, -0.15) is 0 Å². The minimum Gasteiger partial charge on any atom is -0.465 e. The van der Waals surface area contributed by atoms with Crippen LogP contribution in [-0.2, 0) is 22.5 Å². The molecule has 2 aliphatic heterocycles. The molecule has 0 atom stereocenters. The lowest BCUT2D eigenvalue weighted by molar-refractivity contribution is -0.118. The number of fused-ring (bicyclic) bond motifs is 3. The summed E-state index contributed by atoms with van der Waals surface area (Å²) in [5.41, 5.74) is 2.37. The van der Waals surface area contributed by atoms with Crippen molar-refractivity contribution in [1.29, 1.82) is 0 Å². The van der Waals surface area contributed by atoms with E-state index in [9.17, 15) is 19.2 Å². The molecule has 0 saturated heterocycles. The number of likely N-dealkylation sites (N-methyl/N-ethyl adjacent to an activating group) is 2. The Bertz CT molecular complexity index is 1060. The van der Waals surface area contributed by atoms with Crippen LogP contribution in [0.4, 0.5) is 5.00 Å². The monoisotopic (exact) mass is 427 g/mol. The molecule has 0 bridgehead atoms. The highest BCUT2D eigenvalue weighted by Crippen LogP contribution is 2.40. The lowest BCUT2D eigenvalue weighted by Crippen LogP contribution is -2.37. The van der Waals surface area contributed by atoms with Gasteiger partial charge in [0.1, 0.15) is 11.5 Å². The number of hydrogen-bond donors (Lipinski definition) is 0. The van der Waals surface area contributed by atoms with Crippen LogP contribution in [0, 0.1) is 0 Å². The maximum Gasteiger partial charge on any atom is 0.337 e. The number of methoxy groups -OCH3 is 1. The standard InChI is InChI=1S/C21H21N3O5S/c1-22-11-16(25)23(2)20-17(19(22)27)14-8-9-24(10-15(14)30-20)18(26)12-4-6-13(7-5-12)21(28)29-3/h4-7H,8-11H2,1-3H3. The van der Waals surface area contributed by atoms with Crippen molar-refractivity contribution in [2.24, 2.45) is 0 Å². The number of amides is 3. The molecule has 8 nitrogen and oxygen atoms in total. The molecule has 0 radical (unpaired) electrons. The van der Waals surface area contributed by atoms with Crippen LogP contribution in [0.2, 0.25) is 0 Å². The van der Waals surface area contributed by atoms with Gasteiger partial charge in [-0.15, -0.1) is 11.3 Å². The van der Waals surface area contributed by atoms with Gasteiger partial charge in [0.15, 0.2) is 0 Å². The fraction of sp³-hybridized carbons (Fsp3) is 0.333. The molecule has 0 saturated carbocycles. The molecular weight excluding hydrogens is 406 g/mol. The number of rotatable bonds is 2. The van der Waals surface area contributed by atoms with E-state index in [0.29, 0.717) is 41.2 Å². The summed E-state index contributed by atoms with van der Waals surface area (Å²) in [4.78, 5) is 55.4. The van der Waals surface area contributed by atoms with E-state index in [0.717, 1.165) is 10.4 Å². The van der Waals surface area contributed by atoms with E-state index in [1.807, 2.05) is 0 Å². The molecule has 0 N–H and O–H groups in total. The summed E-state index contributed by atoms with van der Waals surface area (Å²) in [7, 11) is 4.62. The lowest BCUT2D eigenvalue weighted by atomic mass is 10.0. The zero-order valence-corrected chi connectivity index (χ0v) is 17.7. The second-order valence-electron chi connectivity index (χ2n) is 7.34. The second-order valence-corrected chi connectivity index (χ2v) is 8.43. The van der Waals surface area contributed by atoms with E-state index in [4.69, 9.17) is 0 Å². The number of hydrogen-bond acceptors (Lipinski definition) is 6. The molecule has 0 unspecified atom stereocenters. The van der Waals surface area contributed by atoms with Crippen molar-refractivity contribution in [2.75, 3.05) is 39.2 Å². The van der Waals surface area contributed by atoms with Gasteiger partial charge in [0.25, 0.3) is 11.8 Å². The summed E-state index contributed by atoms with van der Waals surface area (Å²) in [6, 6.07) is 6.35. The molecule has 0 spiro atoms. The van der Waals surface area contributed by atoms with Crippen LogP contribution in [0.15, 0.2) is 24.3 Å².